The highest BCUT2D eigenvalue weighted by atomic mass is 35.5. The van der Waals surface area contributed by atoms with Gasteiger partial charge in [0.1, 0.15) is 6.61 Å². The molecule has 7 heteroatoms. The van der Waals surface area contributed by atoms with Crippen LogP contribution in [0.25, 0.3) is 0 Å². The summed E-state index contributed by atoms with van der Waals surface area (Å²) in [6, 6.07) is 10.3. The second-order valence-electron chi connectivity index (χ2n) is 6.76. The lowest BCUT2D eigenvalue weighted by molar-refractivity contribution is -0.132. The highest BCUT2D eigenvalue weighted by Crippen LogP contribution is 2.30. The summed E-state index contributed by atoms with van der Waals surface area (Å²) in [5.41, 5.74) is 1.05. The van der Waals surface area contributed by atoms with Gasteiger partial charge in [-0.3, -0.25) is 4.79 Å². The van der Waals surface area contributed by atoms with Crippen molar-refractivity contribution in [2.75, 3.05) is 20.2 Å². The van der Waals surface area contributed by atoms with Crippen molar-refractivity contribution in [3.05, 3.63) is 46.2 Å². The van der Waals surface area contributed by atoms with Crippen molar-refractivity contribution in [3.63, 3.8) is 0 Å². The number of halogens is 1. The number of hydrogen-bond acceptors (Lipinski definition) is 5. The lowest BCUT2D eigenvalue weighted by atomic mass is 10.1. The summed E-state index contributed by atoms with van der Waals surface area (Å²) in [5.74, 6) is 1.62. The Balaban J connectivity index is 0.00000280. The number of methoxy groups -OCH3 is 1. The molecular formula is C21H29ClN2O3S. The van der Waals surface area contributed by atoms with Gasteiger partial charge in [-0.1, -0.05) is 12.1 Å². The third kappa shape index (κ3) is 6.12. The largest absolute Gasteiger partial charge is 0.493 e. The molecule has 1 N–H and O–H groups in total. The average Bonchev–Trinajstić information content (AvgIpc) is 3.38. The Kier molecular flexibility index (Phi) is 9.09. The van der Waals surface area contributed by atoms with Crippen LogP contribution in [0.3, 0.4) is 0 Å². The molecule has 154 valence electrons. The molecule has 2 aromatic rings. The normalized spacial score (nSPS) is 15.7. The van der Waals surface area contributed by atoms with Gasteiger partial charge in [0.2, 0.25) is 5.91 Å². The van der Waals surface area contributed by atoms with Crippen LogP contribution in [-0.2, 0) is 17.9 Å². The van der Waals surface area contributed by atoms with Crippen molar-refractivity contribution in [1.82, 2.24) is 10.2 Å². The molecule has 0 spiro atoms. The monoisotopic (exact) mass is 424 g/mol. The van der Waals surface area contributed by atoms with Crippen LogP contribution in [0, 0.1) is 0 Å². The van der Waals surface area contributed by atoms with E-state index in [-0.39, 0.29) is 18.3 Å². The fraction of sp³-hybridized carbons (Fsp3) is 0.476. The van der Waals surface area contributed by atoms with Gasteiger partial charge >= 0.3 is 0 Å². The third-order valence-corrected chi connectivity index (χ3v) is 5.72. The quantitative estimate of drug-likeness (QED) is 0.653. The molecule has 28 heavy (non-hydrogen) atoms. The summed E-state index contributed by atoms with van der Waals surface area (Å²) in [7, 11) is 1.64. The molecule has 0 bridgehead atoms. The summed E-state index contributed by atoms with van der Waals surface area (Å²) >= 11 is 1.67. The lowest BCUT2D eigenvalue weighted by Crippen LogP contribution is -2.35. The van der Waals surface area contributed by atoms with Crippen molar-refractivity contribution in [2.45, 2.75) is 45.4 Å². The van der Waals surface area contributed by atoms with Crippen LogP contribution in [0.1, 0.15) is 36.6 Å². The van der Waals surface area contributed by atoms with Gasteiger partial charge in [-0.2, -0.15) is 0 Å². The van der Waals surface area contributed by atoms with Gasteiger partial charge in [0, 0.05) is 30.4 Å². The third-order valence-electron chi connectivity index (χ3n) is 4.87. The number of hydrogen-bond donors (Lipinski definition) is 1. The Morgan fingerprint density at radius 3 is 2.82 bits per heavy atom. The SMILES string of the molecule is CCN(Cc1ccc(OCc2cccs2)c(OC)c1)C(=O)CC1CCCN1.Cl. The number of carbonyl (C=O) groups is 1. The number of nitrogens with one attached hydrogen (secondary N) is 1. The predicted octanol–water partition coefficient (Wildman–Crippen LogP) is 4.25. The first-order chi connectivity index (χ1) is 13.2. The van der Waals surface area contributed by atoms with Crippen LogP contribution in [-0.4, -0.2) is 37.0 Å². The zero-order valence-electron chi connectivity index (χ0n) is 16.5. The molecule has 0 aliphatic carbocycles. The molecule has 1 fully saturated rings. The Hall–Kier alpha value is -1.76. The second kappa shape index (κ2) is 11.3. The van der Waals surface area contributed by atoms with Crippen molar-refractivity contribution in [3.8, 4) is 11.5 Å². The van der Waals surface area contributed by atoms with Gasteiger partial charge < -0.3 is 19.7 Å². The van der Waals surface area contributed by atoms with E-state index in [1.165, 1.54) is 4.88 Å². The van der Waals surface area contributed by atoms with E-state index in [0.29, 0.717) is 37.9 Å². The molecular weight excluding hydrogens is 396 g/mol. The number of thiophene rings is 1. The van der Waals surface area contributed by atoms with E-state index in [1.54, 1.807) is 18.4 Å². The van der Waals surface area contributed by atoms with E-state index in [9.17, 15) is 4.79 Å². The van der Waals surface area contributed by atoms with E-state index in [2.05, 4.69) is 11.4 Å². The van der Waals surface area contributed by atoms with E-state index >= 15 is 0 Å². The van der Waals surface area contributed by atoms with Gasteiger partial charge in [-0.15, -0.1) is 23.7 Å². The summed E-state index contributed by atoms with van der Waals surface area (Å²) in [4.78, 5) is 15.7. The maximum atomic E-state index is 12.6. The Bertz CT molecular complexity index is 733. The summed E-state index contributed by atoms with van der Waals surface area (Å²) in [6.07, 6.45) is 2.83. The van der Waals surface area contributed by atoms with Gasteiger partial charge in [0.05, 0.1) is 7.11 Å². The highest BCUT2D eigenvalue weighted by Gasteiger charge is 2.21. The fourth-order valence-electron chi connectivity index (χ4n) is 3.34. The van der Waals surface area contributed by atoms with Crippen LogP contribution in [0.5, 0.6) is 11.5 Å². The first-order valence-corrected chi connectivity index (χ1v) is 10.4. The number of rotatable bonds is 9. The topological polar surface area (TPSA) is 50.8 Å². The first-order valence-electron chi connectivity index (χ1n) is 9.53. The highest BCUT2D eigenvalue weighted by molar-refractivity contribution is 7.09. The summed E-state index contributed by atoms with van der Waals surface area (Å²) in [6.45, 7) is 4.86. The van der Waals surface area contributed by atoms with Gasteiger partial charge in [0.15, 0.2) is 11.5 Å². The molecule has 1 aliphatic heterocycles. The van der Waals surface area contributed by atoms with Crippen molar-refractivity contribution < 1.29 is 14.3 Å². The van der Waals surface area contributed by atoms with Crippen molar-refractivity contribution in [1.29, 1.82) is 0 Å². The minimum absolute atomic E-state index is 0. The Labute approximate surface area is 177 Å². The zero-order valence-corrected chi connectivity index (χ0v) is 18.1. The summed E-state index contributed by atoms with van der Waals surface area (Å²) < 4.78 is 11.4. The lowest BCUT2D eigenvalue weighted by Gasteiger charge is -2.23. The predicted molar refractivity (Wildman–Crippen MR) is 116 cm³/mol. The van der Waals surface area contributed by atoms with Crippen LogP contribution in [0.15, 0.2) is 35.7 Å². The molecule has 1 aromatic carbocycles. The van der Waals surface area contributed by atoms with E-state index < -0.39 is 0 Å². The zero-order chi connectivity index (χ0) is 19.1. The molecule has 1 amide bonds. The van der Waals surface area contributed by atoms with Gasteiger partial charge in [-0.25, -0.2) is 0 Å². The molecule has 0 radical (unpaired) electrons. The standard InChI is InChI=1S/C21H28N2O3S.ClH/c1-3-23(21(24)13-17-6-4-10-22-17)14-16-8-9-19(20(12-16)25-2)26-15-18-7-5-11-27-18;/h5,7-9,11-12,17,22H,3-4,6,10,13-15H2,1-2H3;1H. The van der Waals surface area contributed by atoms with Crippen LogP contribution in [0.4, 0.5) is 0 Å². The maximum absolute atomic E-state index is 12.6. The first kappa shape index (κ1) is 22.5. The molecule has 1 saturated heterocycles. The molecule has 0 saturated carbocycles. The van der Waals surface area contributed by atoms with E-state index in [4.69, 9.17) is 9.47 Å². The number of ether oxygens (including phenoxy) is 2. The van der Waals surface area contributed by atoms with Crippen molar-refractivity contribution >= 4 is 29.7 Å². The van der Waals surface area contributed by atoms with E-state index in [1.807, 2.05) is 41.5 Å². The number of amides is 1. The Morgan fingerprint density at radius 2 is 2.18 bits per heavy atom. The Morgan fingerprint density at radius 1 is 1.32 bits per heavy atom. The molecule has 1 unspecified atom stereocenters. The minimum Gasteiger partial charge on any atom is -0.493 e. The minimum atomic E-state index is 0. The molecule has 5 nitrogen and oxygen atoms in total. The van der Waals surface area contributed by atoms with Gasteiger partial charge in [0.25, 0.3) is 0 Å². The van der Waals surface area contributed by atoms with Crippen LogP contribution in [0.2, 0.25) is 0 Å². The van der Waals surface area contributed by atoms with Crippen LogP contribution >= 0.6 is 23.7 Å². The molecule has 1 aromatic heterocycles. The van der Waals surface area contributed by atoms with Gasteiger partial charge in [-0.05, 0) is 55.5 Å². The maximum Gasteiger partial charge on any atom is 0.224 e. The fourth-order valence-corrected chi connectivity index (χ4v) is 3.96. The van der Waals surface area contributed by atoms with Crippen molar-refractivity contribution in [2.24, 2.45) is 0 Å². The molecule has 1 atom stereocenters. The molecule has 3 rings (SSSR count). The van der Waals surface area contributed by atoms with E-state index in [0.717, 1.165) is 30.7 Å². The smallest absolute Gasteiger partial charge is 0.224 e. The average molecular weight is 425 g/mol. The summed E-state index contributed by atoms with van der Waals surface area (Å²) in [5, 5.41) is 5.44. The molecule has 1 aliphatic rings. The van der Waals surface area contributed by atoms with Crippen LogP contribution < -0.4 is 14.8 Å². The number of benzene rings is 1. The molecule has 2 heterocycles. The number of nitrogens with zero attached hydrogens (tertiary/aromatic N) is 1. The second-order valence-corrected chi connectivity index (χ2v) is 7.79. The number of carbonyl (C=O) groups excluding carboxylic acids is 1.